The first kappa shape index (κ1) is 63.3. The zero-order valence-electron chi connectivity index (χ0n) is 43.7. The molecule has 2 atom stereocenters. The number of allylic oxidation sites excluding steroid dienone is 3. The largest absolute Gasteiger partial charge is 0.466 e. The van der Waals surface area contributed by atoms with E-state index >= 15 is 0 Å². The molecule has 0 aliphatic rings. The minimum atomic E-state index is -0.851. The maximum Gasteiger partial charge on any atom is 0.305 e. The van der Waals surface area contributed by atoms with Crippen molar-refractivity contribution in [1.82, 2.24) is 5.32 Å². The minimum Gasteiger partial charge on any atom is -0.466 e. The number of esters is 1. The quantitative estimate of drug-likeness (QED) is 0.0321. The van der Waals surface area contributed by atoms with Crippen LogP contribution in [-0.2, 0) is 14.3 Å². The van der Waals surface area contributed by atoms with Gasteiger partial charge in [-0.05, 0) is 51.4 Å². The Morgan fingerprint density at radius 1 is 0.415 bits per heavy atom. The van der Waals surface area contributed by atoms with E-state index in [1.165, 1.54) is 238 Å². The number of aliphatic hydroxyl groups excluding tert-OH is 2. The monoisotopic (exact) mass is 916 g/mol. The van der Waals surface area contributed by atoms with Crippen LogP contribution in [0.15, 0.2) is 24.3 Å². The molecule has 0 aromatic carbocycles. The molecule has 0 aromatic rings. The molecule has 1 amide bonds. The summed E-state index contributed by atoms with van der Waals surface area (Å²) in [5.74, 6) is -0.0852. The van der Waals surface area contributed by atoms with Crippen molar-refractivity contribution in [3.63, 3.8) is 0 Å². The average Bonchev–Trinajstić information content (AvgIpc) is 3.31. The molecule has 0 bridgehead atoms. The molecule has 0 radical (unpaired) electrons. The summed E-state index contributed by atoms with van der Waals surface area (Å²) in [6.07, 6.45) is 66.3. The fourth-order valence-electron chi connectivity index (χ4n) is 8.97. The molecule has 0 rings (SSSR count). The van der Waals surface area contributed by atoms with Gasteiger partial charge < -0.3 is 20.3 Å². The van der Waals surface area contributed by atoms with Gasteiger partial charge in [0.1, 0.15) is 0 Å². The molecule has 0 fully saturated rings. The van der Waals surface area contributed by atoms with Gasteiger partial charge >= 0.3 is 5.97 Å². The molecule has 6 nitrogen and oxygen atoms in total. The van der Waals surface area contributed by atoms with Crippen molar-refractivity contribution in [2.75, 3.05) is 13.2 Å². The van der Waals surface area contributed by atoms with Gasteiger partial charge in [0, 0.05) is 12.8 Å². The standard InChI is InChI=1S/C59H113NO5/c1-3-5-7-9-11-13-15-16-17-18-19-20-21-22-23-25-28-32-35-39-43-47-51-57(62)56(55-61)60-58(63)52-48-44-40-36-33-29-26-24-27-30-34-38-42-46-50-54-65-59(64)53-49-45-41-37-31-14-12-10-8-6-4-2/h10,12,47,51,56-57,61-62H,3-9,11,13-46,48-50,52-55H2,1-2H3,(H,60,63)/b12-10-,51-47+. The highest BCUT2D eigenvalue weighted by Crippen LogP contribution is 2.17. The summed E-state index contributed by atoms with van der Waals surface area (Å²) in [6, 6.07) is -0.635. The summed E-state index contributed by atoms with van der Waals surface area (Å²) < 4.78 is 5.45. The van der Waals surface area contributed by atoms with Gasteiger partial charge in [-0.3, -0.25) is 9.59 Å². The number of aliphatic hydroxyl groups is 2. The van der Waals surface area contributed by atoms with Crippen molar-refractivity contribution in [3.05, 3.63) is 24.3 Å². The van der Waals surface area contributed by atoms with Crippen LogP contribution in [0.2, 0.25) is 0 Å². The van der Waals surface area contributed by atoms with Crippen LogP contribution in [0.4, 0.5) is 0 Å². The van der Waals surface area contributed by atoms with Crippen molar-refractivity contribution < 1.29 is 24.5 Å². The molecule has 0 spiro atoms. The molecule has 384 valence electrons. The molecule has 0 aliphatic heterocycles. The number of carbonyl (C=O) groups excluding carboxylic acids is 2. The summed E-state index contributed by atoms with van der Waals surface area (Å²) in [6.45, 7) is 4.86. The second-order valence-electron chi connectivity index (χ2n) is 20.0. The van der Waals surface area contributed by atoms with Gasteiger partial charge in [0.05, 0.1) is 25.4 Å². The van der Waals surface area contributed by atoms with Gasteiger partial charge in [-0.1, -0.05) is 276 Å². The van der Waals surface area contributed by atoms with Gasteiger partial charge in [0.25, 0.3) is 0 Å². The first-order chi connectivity index (χ1) is 32.0. The van der Waals surface area contributed by atoms with Crippen LogP contribution >= 0.6 is 0 Å². The smallest absolute Gasteiger partial charge is 0.305 e. The Bertz CT molecular complexity index is 1010. The molecule has 0 aliphatic carbocycles. The predicted octanol–water partition coefficient (Wildman–Crippen LogP) is 17.9. The average molecular weight is 917 g/mol. The number of hydrogen-bond donors (Lipinski definition) is 3. The van der Waals surface area contributed by atoms with E-state index in [-0.39, 0.29) is 18.5 Å². The van der Waals surface area contributed by atoms with Gasteiger partial charge in [-0.25, -0.2) is 0 Å². The normalized spacial score (nSPS) is 12.7. The minimum absolute atomic E-state index is 0.0112. The van der Waals surface area contributed by atoms with Crippen LogP contribution in [0.1, 0.15) is 316 Å². The summed E-state index contributed by atoms with van der Waals surface area (Å²) in [5, 5.41) is 23.2. The van der Waals surface area contributed by atoms with Crippen LogP contribution in [0.5, 0.6) is 0 Å². The lowest BCUT2D eigenvalue weighted by Gasteiger charge is -2.20. The Labute approximate surface area is 405 Å². The SMILES string of the molecule is CCCC/C=C\CCCCCCCC(=O)OCCCCCCCCCCCCCCCCCC(=O)NC(CO)C(O)/C=C/CCCCCCCCCCCCCCCCCCCCCC. The van der Waals surface area contributed by atoms with Crippen molar-refractivity contribution in [2.24, 2.45) is 0 Å². The zero-order valence-corrected chi connectivity index (χ0v) is 43.7. The second kappa shape index (κ2) is 54.9. The fourth-order valence-corrected chi connectivity index (χ4v) is 8.97. The third-order valence-corrected chi connectivity index (χ3v) is 13.5. The molecule has 0 saturated carbocycles. The Hall–Kier alpha value is -1.66. The van der Waals surface area contributed by atoms with Gasteiger partial charge in [0.2, 0.25) is 5.91 Å². The molecular formula is C59H113NO5. The predicted molar refractivity (Wildman–Crippen MR) is 283 cm³/mol. The summed E-state index contributed by atoms with van der Waals surface area (Å²) in [7, 11) is 0. The first-order valence-corrected chi connectivity index (χ1v) is 29.1. The molecule has 0 saturated heterocycles. The highest BCUT2D eigenvalue weighted by atomic mass is 16.5. The number of rotatable bonds is 54. The van der Waals surface area contributed by atoms with Crippen molar-refractivity contribution in [3.8, 4) is 0 Å². The van der Waals surface area contributed by atoms with Crippen molar-refractivity contribution in [2.45, 2.75) is 328 Å². The highest BCUT2D eigenvalue weighted by Gasteiger charge is 2.18. The van der Waals surface area contributed by atoms with Crippen molar-refractivity contribution >= 4 is 11.9 Å². The van der Waals surface area contributed by atoms with E-state index in [4.69, 9.17) is 4.74 Å². The second-order valence-corrected chi connectivity index (χ2v) is 20.0. The van der Waals surface area contributed by atoms with E-state index in [9.17, 15) is 19.8 Å². The zero-order chi connectivity index (χ0) is 47.2. The Balaban J connectivity index is 3.48. The van der Waals surface area contributed by atoms with Crippen LogP contribution in [-0.4, -0.2) is 47.4 Å². The lowest BCUT2D eigenvalue weighted by molar-refractivity contribution is -0.143. The number of unbranched alkanes of at least 4 members (excludes halogenated alkanes) is 41. The maximum atomic E-state index is 12.5. The van der Waals surface area contributed by atoms with Crippen LogP contribution in [0, 0.1) is 0 Å². The molecule has 0 heterocycles. The number of ether oxygens (including phenoxy) is 1. The van der Waals surface area contributed by atoms with E-state index in [0.29, 0.717) is 19.4 Å². The van der Waals surface area contributed by atoms with E-state index in [1.54, 1.807) is 6.08 Å². The summed E-state index contributed by atoms with van der Waals surface area (Å²) in [4.78, 5) is 24.5. The number of carbonyl (C=O) groups is 2. The van der Waals surface area contributed by atoms with Crippen molar-refractivity contribution in [1.29, 1.82) is 0 Å². The maximum absolute atomic E-state index is 12.5. The van der Waals surface area contributed by atoms with E-state index < -0.39 is 12.1 Å². The Morgan fingerprint density at radius 3 is 1.14 bits per heavy atom. The third kappa shape index (κ3) is 51.6. The molecular weight excluding hydrogens is 803 g/mol. The number of hydrogen-bond acceptors (Lipinski definition) is 5. The lowest BCUT2D eigenvalue weighted by atomic mass is 10.0. The van der Waals surface area contributed by atoms with E-state index in [0.717, 1.165) is 51.4 Å². The third-order valence-electron chi connectivity index (χ3n) is 13.5. The Kier molecular flexibility index (Phi) is 53.5. The van der Waals surface area contributed by atoms with Gasteiger partial charge in [-0.15, -0.1) is 0 Å². The lowest BCUT2D eigenvalue weighted by Crippen LogP contribution is -2.45. The van der Waals surface area contributed by atoms with E-state index in [2.05, 4.69) is 31.3 Å². The molecule has 0 aromatic heterocycles. The number of nitrogens with one attached hydrogen (secondary N) is 1. The van der Waals surface area contributed by atoms with E-state index in [1.807, 2.05) is 6.08 Å². The van der Waals surface area contributed by atoms with Gasteiger partial charge in [-0.2, -0.15) is 0 Å². The van der Waals surface area contributed by atoms with Crippen LogP contribution in [0.25, 0.3) is 0 Å². The summed E-state index contributed by atoms with van der Waals surface area (Å²) in [5.41, 5.74) is 0. The molecule has 6 heteroatoms. The number of amides is 1. The van der Waals surface area contributed by atoms with Crippen LogP contribution < -0.4 is 5.32 Å². The molecule has 3 N–H and O–H groups in total. The Morgan fingerprint density at radius 2 is 0.738 bits per heavy atom. The molecule has 65 heavy (non-hydrogen) atoms. The highest BCUT2D eigenvalue weighted by molar-refractivity contribution is 5.76. The fraction of sp³-hybridized carbons (Fsp3) is 0.898. The van der Waals surface area contributed by atoms with Gasteiger partial charge in [0.15, 0.2) is 0 Å². The topological polar surface area (TPSA) is 95.9 Å². The molecule has 2 unspecified atom stereocenters. The van der Waals surface area contributed by atoms with Crippen LogP contribution in [0.3, 0.4) is 0 Å². The first-order valence-electron chi connectivity index (χ1n) is 29.1. The summed E-state index contributed by atoms with van der Waals surface area (Å²) >= 11 is 0.